The van der Waals surface area contributed by atoms with Crippen molar-refractivity contribution in [2.24, 2.45) is 5.73 Å². The normalized spacial score (nSPS) is 11.2. The molecule has 0 saturated carbocycles. The fraction of sp³-hybridized carbons (Fsp3) is 0.273. The zero-order valence-electron chi connectivity index (χ0n) is 9.55. The summed E-state index contributed by atoms with van der Waals surface area (Å²) in [4.78, 5) is 11.9. The quantitative estimate of drug-likeness (QED) is 0.817. The molecule has 3 nitrogen and oxygen atoms in total. The molecule has 104 valence electrons. The van der Waals surface area contributed by atoms with Gasteiger partial charge < -0.3 is 11.1 Å². The van der Waals surface area contributed by atoms with Crippen molar-refractivity contribution in [1.29, 1.82) is 0 Å². The van der Waals surface area contributed by atoms with E-state index in [0.717, 1.165) is 6.07 Å². The Bertz CT molecular complexity index is 505. The van der Waals surface area contributed by atoms with Gasteiger partial charge in [0.15, 0.2) is 0 Å². The molecule has 3 N–H and O–H groups in total. The Morgan fingerprint density at radius 3 is 2.58 bits per heavy atom. The van der Waals surface area contributed by atoms with Gasteiger partial charge in [-0.25, -0.2) is 0 Å². The van der Waals surface area contributed by atoms with Crippen LogP contribution in [-0.4, -0.2) is 17.4 Å². The number of nitrogens with one attached hydrogen (secondary N) is 1. The van der Waals surface area contributed by atoms with Crippen LogP contribution < -0.4 is 11.1 Å². The molecule has 0 radical (unpaired) electrons. The first-order valence-corrected chi connectivity index (χ1v) is 6.35. The van der Waals surface area contributed by atoms with Crippen molar-refractivity contribution in [1.82, 2.24) is 5.32 Å². The second-order valence-corrected chi connectivity index (χ2v) is 5.04. The summed E-state index contributed by atoms with van der Waals surface area (Å²) in [6.45, 7) is 0.186. The highest BCUT2D eigenvalue weighted by molar-refractivity contribution is 9.10. The average molecular weight is 355 g/mol. The number of amides is 1. The van der Waals surface area contributed by atoms with Crippen LogP contribution in [0.1, 0.15) is 22.3 Å². The Hall–Kier alpha value is -1.15. The largest absolute Gasteiger partial charge is 0.417 e. The van der Waals surface area contributed by atoms with E-state index in [1.807, 2.05) is 0 Å². The number of rotatable bonds is 4. The molecule has 0 heterocycles. The lowest BCUT2D eigenvalue weighted by Crippen LogP contribution is -2.27. The van der Waals surface area contributed by atoms with Crippen molar-refractivity contribution in [3.8, 4) is 0 Å². The third-order valence-corrected chi connectivity index (χ3v) is 3.09. The van der Waals surface area contributed by atoms with Crippen LogP contribution in [-0.2, 0) is 6.18 Å². The van der Waals surface area contributed by atoms with Crippen LogP contribution >= 0.6 is 28.1 Å². The zero-order valence-corrected chi connectivity index (χ0v) is 12.0. The lowest BCUT2D eigenvalue weighted by Gasteiger charge is -2.11. The van der Waals surface area contributed by atoms with E-state index in [1.54, 1.807) is 0 Å². The molecule has 19 heavy (non-hydrogen) atoms. The smallest absolute Gasteiger partial charge is 0.393 e. The molecule has 0 unspecified atom stereocenters. The van der Waals surface area contributed by atoms with Gasteiger partial charge in [0, 0.05) is 23.0 Å². The van der Waals surface area contributed by atoms with E-state index in [4.69, 9.17) is 5.73 Å². The number of alkyl halides is 3. The minimum atomic E-state index is -4.52. The lowest BCUT2D eigenvalue weighted by molar-refractivity contribution is -0.138. The van der Waals surface area contributed by atoms with Gasteiger partial charge in [-0.15, -0.1) is 0 Å². The van der Waals surface area contributed by atoms with Gasteiger partial charge in [0.2, 0.25) is 0 Å². The number of halogens is 4. The Morgan fingerprint density at radius 2 is 2.05 bits per heavy atom. The van der Waals surface area contributed by atoms with Crippen molar-refractivity contribution in [2.45, 2.75) is 12.6 Å². The summed E-state index contributed by atoms with van der Waals surface area (Å²) < 4.78 is 37.9. The fourth-order valence-corrected chi connectivity index (χ4v) is 1.86. The van der Waals surface area contributed by atoms with Crippen LogP contribution in [0, 0.1) is 0 Å². The maximum Gasteiger partial charge on any atom is 0.417 e. The van der Waals surface area contributed by atoms with Gasteiger partial charge in [0.25, 0.3) is 5.91 Å². The molecule has 0 aliphatic carbocycles. The highest BCUT2D eigenvalue weighted by atomic mass is 79.9. The molecule has 0 fully saturated rings. The van der Waals surface area contributed by atoms with Gasteiger partial charge in [-0.3, -0.25) is 4.79 Å². The number of benzene rings is 1. The highest BCUT2D eigenvalue weighted by Gasteiger charge is 2.33. The zero-order chi connectivity index (χ0) is 14.6. The summed E-state index contributed by atoms with van der Waals surface area (Å²) in [5.41, 5.74) is 4.28. The first-order chi connectivity index (χ1) is 8.71. The van der Waals surface area contributed by atoms with E-state index in [-0.39, 0.29) is 21.6 Å². The molecular weight excluding hydrogens is 345 g/mol. The summed E-state index contributed by atoms with van der Waals surface area (Å²) in [5, 5.41) is 2.44. The molecule has 0 bridgehead atoms. The van der Waals surface area contributed by atoms with Crippen molar-refractivity contribution in [3.63, 3.8) is 0 Å². The maximum absolute atomic E-state index is 12.7. The van der Waals surface area contributed by atoms with Crippen LogP contribution in [0.4, 0.5) is 13.2 Å². The second kappa shape index (κ2) is 6.33. The van der Waals surface area contributed by atoms with Crippen molar-refractivity contribution >= 4 is 39.0 Å². The van der Waals surface area contributed by atoms with E-state index >= 15 is 0 Å². The topological polar surface area (TPSA) is 55.1 Å². The summed E-state index contributed by atoms with van der Waals surface area (Å²) in [6, 6.07) is 3.28. The molecule has 0 atom stereocenters. The van der Waals surface area contributed by atoms with Gasteiger partial charge in [-0.05, 0) is 18.2 Å². The first kappa shape index (κ1) is 15.9. The van der Waals surface area contributed by atoms with E-state index in [0.29, 0.717) is 6.42 Å². The third kappa shape index (κ3) is 4.79. The summed E-state index contributed by atoms with van der Waals surface area (Å²) in [7, 11) is 0. The molecule has 1 amide bonds. The maximum atomic E-state index is 12.7. The predicted octanol–water partition coefficient (Wildman–Crippen LogP) is 2.87. The fourth-order valence-electron chi connectivity index (χ4n) is 1.29. The van der Waals surface area contributed by atoms with Crippen LogP contribution in [0.15, 0.2) is 22.7 Å². The number of nitrogens with two attached hydrogens (primary N) is 1. The van der Waals surface area contributed by atoms with E-state index in [2.05, 4.69) is 33.5 Å². The minimum Gasteiger partial charge on any atom is -0.393 e. The number of hydrogen-bond donors (Lipinski definition) is 2. The molecule has 0 spiro atoms. The molecule has 0 aliphatic rings. The average Bonchev–Trinajstić information content (AvgIpc) is 2.27. The minimum absolute atomic E-state index is 0.0709. The van der Waals surface area contributed by atoms with Crippen LogP contribution in [0.5, 0.6) is 0 Å². The molecule has 0 aliphatic heterocycles. The molecule has 0 saturated heterocycles. The van der Waals surface area contributed by atoms with Gasteiger partial charge in [-0.2, -0.15) is 13.2 Å². The Balaban J connectivity index is 2.84. The number of thiocarbonyl (C=S) groups is 1. The standard InChI is InChI=1S/C11H10BrF3N2OS/c12-8-2-1-6(5-7(8)11(13,14)15)10(18)17-4-3-9(16)19/h1-2,5H,3-4H2,(H2,16,19)(H,17,18). The molecule has 1 aromatic rings. The van der Waals surface area contributed by atoms with Crippen LogP contribution in [0.2, 0.25) is 0 Å². The van der Waals surface area contributed by atoms with E-state index in [9.17, 15) is 18.0 Å². The first-order valence-electron chi connectivity index (χ1n) is 5.15. The number of carbonyl (C=O) groups excluding carboxylic acids is 1. The number of carbonyl (C=O) groups is 1. The molecule has 0 aromatic heterocycles. The van der Waals surface area contributed by atoms with Crippen molar-refractivity contribution in [2.75, 3.05) is 6.54 Å². The van der Waals surface area contributed by atoms with Crippen molar-refractivity contribution in [3.05, 3.63) is 33.8 Å². The van der Waals surface area contributed by atoms with E-state index in [1.165, 1.54) is 12.1 Å². The highest BCUT2D eigenvalue weighted by Crippen LogP contribution is 2.35. The summed E-state index contributed by atoms with van der Waals surface area (Å²) in [6.07, 6.45) is -4.22. The molecule has 1 rings (SSSR count). The van der Waals surface area contributed by atoms with Gasteiger partial charge in [0.05, 0.1) is 10.6 Å². The Morgan fingerprint density at radius 1 is 1.42 bits per heavy atom. The second-order valence-electron chi connectivity index (χ2n) is 3.66. The number of hydrogen-bond acceptors (Lipinski definition) is 2. The van der Waals surface area contributed by atoms with Gasteiger partial charge >= 0.3 is 6.18 Å². The monoisotopic (exact) mass is 354 g/mol. The summed E-state index contributed by atoms with van der Waals surface area (Å²) in [5.74, 6) is -0.603. The molecular formula is C11H10BrF3N2OS. The SMILES string of the molecule is NC(=S)CCNC(=O)c1ccc(Br)c(C(F)(F)F)c1. The Labute approximate surface area is 121 Å². The van der Waals surface area contributed by atoms with Gasteiger partial charge in [0.1, 0.15) is 0 Å². The Kier molecular flexibility index (Phi) is 5.30. The molecule has 8 heteroatoms. The van der Waals surface area contributed by atoms with Crippen LogP contribution in [0.25, 0.3) is 0 Å². The molecule has 1 aromatic carbocycles. The predicted molar refractivity (Wildman–Crippen MR) is 72.9 cm³/mol. The third-order valence-electron chi connectivity index (χ3n) is 2.19. The van der Waals surface area contributed by atoms with Crippen LogP contribution in [0.3, 0.4) is 0 Å². The van der Waals surface area contributed by atoms with Crippen molar-refractivity contribution < 1.29 is 18.0 Å². The lowest BCUT2D eigenvalue weighted by atomic mass is 10.1. The van der Waals surface area contributed by atoms with E-state index < -0.39 is 17.6 Å². The summed E-state index contributed by atoms with van der Waals surface area (Å²) >= 11 is 7.42. The van der Waals surface area contributed by atoms with Gasteiger partial charge in [-0.1, -0.05) is 28.1 Å².